The number of ketones is 1. The van der Waals surface area contributed by atoms with Gasteiger partial charge in [-0.15, -0.1) is 0 Å². The summed E-state index contributed by atoms with van der Waals surface area (Å²) in [7, 11) is 2.51. The normalized spacial score (nSPS) is 21.3. The molecular weight excluding hydrogens is 682 g/mol. The van der Waals surface area contributed by atoms with Gasteiger partial charge in [-0.05, 0) is 61.1 Å². The van der Waals surface area contributed by atoms with E-state index in [0.29, 0.717) is 47.5 Å². The molecule has 0 amide bonds. The van der Waals surface area contributed by atoms with Gasteiger partial charge in [-0.25, -0.2) is 9.59 Å². The molecule has 3 aliphatic heterocycles. The zero-order valence-electron chi connectivity index (χ0n) is 30.5. The van der Waals surface area contributed by atoms with E-state index in [9.17, 15) is 19.7 Å². The summed E-state index contributed by atoms with van der Waals surface area (Å²) in [6, 6.07) is 29.6. The van der Waals surface area contributed by atoms with Gasteiger partial charge in [-0.3, -0.25) is 14.9 Å². The minimum atomic E-state index is -1.56. The zero-order valence-corrected chi connectivity index (χ0v) is 30.5. The van der Waals surface area contributed by atoms with Gasteiger partial charge in [0.2, 0.25) is 5.78 Å². The zero-order chi connectivity index (χ0) is 38.1. The Bertz CT molecular complexity index is 2300. The van der Waals surface area contributed by atoms with Crippen LogP contribution in [0.4, 0.5) is 11.4 Å². The summed E-state index contributed by atoms with van der Waals surface area (Å²) in [6.45, 7) is 4.72. The molecule has 4 aromatic carbocycles. The number of nitro groups is 1. The van der Waals surface area contributed by atoms with Crippen molar-refractivity contribution >= 4 is 34.7 Å². The molecule has 4 aromatic rings. The summed E-state index contributed by atoms with van der Waals surface area (Å²) in [5.74, 6) is 3.35. The highest BCUT2D eigenvalue weighted by Gasteiger charge is 2.55. The lowest BCUT2D eigenvalue weighted by atomic mass is 9.64. The number of nitro benzene ring substituents is 1. The first kappa shape index (κ1) is 35.9. The van der Waals surface area contributed by atoms with Gasteiger partial charge in [-0.2, -0.15) is 0 Å². The molecule has 0 N–H and O–H groups in total. The number of esters is 2. The Morgan fingerprint density at radius 1 is 0.926 bits per heavy atom. The molecule has 3 aliphatic rings. The average molecular weight is 722 g/mol. The summed E-state index contributed by atoms with van der Waals surface area (Å²) >= 11 is 0. The largest absolute Gasteiger partial charge is 0.465 e. The van der Waals surface area contributed by atoms with Gasteiger partial charge in [0.1, 0.15) is 5.57 Å². The van der Waals surface area contributed by atoms with Crippen LogP contribution >= 0.6 is 0 Å². The van der Waals surface area contributed by atoms with Crippen LogP contribution < -0.4 is 4.90 Å². The smallest absolute Gasteiger partial charge is 0.384 e. The molecule has 0 bridgehead atoms. The quantitative estimate of drug-likeness (QED) is 0.0521. The average Bonchev–Trinajstić information content (AvgIpc) is 3.63. The molecule has 3 atom stereocenters. The first-order chi connectivity index (χ1) is 26.1. The van der Waals surface area contributed by atoms with Gasteiger partial charge in [0.15, 0.2) is 5.54 Å². The van der Waals surface area contributed by atoms with E-state index in [2.05, 4.69) is 16.7 Å². The number of hydrogen-bond donors (Lipinski definition) is 0. The Hall–Kier alpha value is -6.47. The van der Waals surface area contributed by atoms with E-state index >= 15 is 4.79 Å². The Labute approximate surface area is 313 Å². The molecule has 0 spiro atoms. The van der Waals surface area contributed by atoms with Gasteiger partial charge in [0.25, 0.3) is 5.69 Å². The van der Waals surface area contributed by atoms with Crippen molar-refractivity contribution in [2.45, 2.75) is 50.7 Å². The van der Waals surface area contributed by atoms with Crippen LogP contribution in [0.25, 0.3) is 5.57 Å². The summed E-state index contributed by atoms with van der Waals surface area (Å²) in [5, 5.41) is 12.3. The van der Waals surface area contributed by atoms with Crippen LogP contribution in [-0.2, 0) is 35.9 Å². The third-order valence-electron chi connectivity index (χ3n) is 10.6. The predicted molar refractivity (Wildman–Crippen MR) is 204 cm³/mol. The second kappa shape index (κ2) is 14.5. The van der Waals surface area contributed by atoms with Gasteiger partial charge in [0, 0.05) is 66.1 Å². The first-order valence-corrected chi connectivity index (χ1v) is 17.8. The summed E-state index contributed by atoms with van der Waals surface area (Å²) in [6.07, 6.45) is 2.96. The van der Waals surface area contributed by atoms with Crippen LogP contribution in [0.1, 0.15) is 52.1 Å². The lowest BCUT2D eigenvalue weighted by Gasteiger charge is -2.52. The van der Waals surface area contributed by atoms with Crippen molar-refractivity contribution in [3.63, 3.8) is 0 Å². The molecule has 1 saturated heterocycles. The molecule has 0 aromatic heterocycles. The fourth-order valence-electron chi connectivity index (χ4n) is 8.20. The standard InChI is InChI=1S/C44H39N3O7/c1-28-15-18-32(19-16-28)44(22-21-38(48)53-3)41-39(31-12-8-13-33(25-31)47(51)52)37-14-9-23-45(37)27-35(43(50)54-4)42(49)40(41)34-24-29(2)17-20-36(34)46(44)26-30-10-6-5-7-11-30/h5-8,10-13,15-20,24-25,27,37,39H,9,14,23,26H2,1-4H3/b35-27+/t37-,39-,44-/m1/s1. The number of carbonyl (C=O) groups excluding carboxylic acids is 3. The minimum absolute atomic E-state index is 0.104. The number of fused-ring (bicyclic) bond motifs is 3. The number of benzene rings is 4. The van der Waals surface area contributed by atoms with E-state index in [0.717, 1.165) is 23.1 Å². The predicted octanol–water partition coefficient (Wildman–Crippen LogP) is 6.95. The Balaban J connectivity index is 1.73. The van der Waals surface area contributed by atoms with Crippen LogP contribution in [0.5, 0.6) is 0 Å². The number of methoxy groups -OCH3 is 2. The van der Waals surface area contributed by atoms with E-state index in [1.165, 1.54) is 20.3 Å². The Morgan fingerprint density at radius 3 is 2.37 bits per heavy atom. The Morgan fingerprint density at radius 2 is 1.67 bits per heavy atom. The van der Waals surface area contributed by atoms with Gasteiger partial charge >= 0.3 is 11.9 Å². The number of Topliss-reactive ketones (excluding diaryl/α,β-unsaturated/α-hetero) is 1. The molecule has 3 heterocycles. The summed E-state index contributed by atoms with van der Waals surface area (Å²) < 4.78 is 10.3. The van der Waals surface area contributed by atoms with Crippen LogP contribution in [0.2, 0.25) is 0 Å². The number of rotatable bonds is 6. The third kappa shape index (κ3) is 6.21. The van der Waals surface area contributed by atoms with Crippen LogP contribution in [-0.4, -0.2) is 54.4 Å². The molecule has 0 radical (unpaired) electrons. The van der Waals surface area contributed by atoms with Crippen LogP contribution in [0.15, 0.2) is 114 Å². The fraction of sp³-hybridized carbons (Fsp3) is 0.250. The van der Waals surface area contributed by atoms with Crippen molar-refractivity contribution < 1.29 is 28.8 Å². The molecule has 0 unspecified atom stereocenters. The minimum Gasteiger partial charge on any atom is -0.465 e. The number of non-ortho nitro benzene ring substituents is 1. The molecule has 0 aliphatic carbocycles. The number of anilines is 1. The lowest BCUT2D eigenvalue weighted by molar-refractivity contribution is -0.384. The van der Waals surface area contributed by atoms with E-state index in [-0.39, 0.29) is 22.9 Å². The second-order valence-electron chi connectivity index (χ2n) is 13.8. The van der Waals surface area contributed by atoms with E-state index in [1.807, 2.05) is 97.6 Å². The van der Waals surface area contributed by atoms with Crippen LogP contribution in [0.3, 0.4) is 0 Å². The number of hydrogen-bond acceptors (Lipinski definition) is 9. The van der Waals surface area contributed by atoms with Crippen molar-refractivity contribution in [1.82, 2.24) is 4.90 Å². The van der Waals surface area contributed by atoms with Crippen molar-refractivity contribution in [2.24, 2.45) is 0 Å². The fourth-order valence-corrected chi connectivity index (χ4v) is 8.20. The van der Waals surface area contributed by atoms with Crippen molar-refractivity contribution in [2.75, 3.05) is 25.7 Å². The van der Waals surface area contributed by atoms with E-state index in [1.54, 1.807) is 18.3 Å². The monoisotopic (exact) mass is 721 g/mol. The highest BCUT2D eigenvalue weighted by Crippen LogP contribution is 2.57. The maximum absolute atomic E-state index is 15.5. The maximum Gasteiger partial charge on any atom is 0.384 e. The molecule has 10 nitrogen and oxygen atoms in total. The van der Waals surface area contributed by atoms with E-state index < -0.39 is 34.1 Å². The number of ether oxygens (including phenoxy) is 2. The van der Waals surface area contributed by atoms with Crippen LogP contribution in [0, 0.1) is 35.8 Å². The number of aryl methyl sites for hydroxylation is 2. The molecule has 1 fully saturated rings. The molecule has 7 rings (SSSR count). The highest BCUT2D eigenvalue weighted by molar-refractivity contribution is 6.39. The lowest BCUT2D eigenvalue weighted by Crippen LogP contribution is -2.53. The molecule has 54 heavy (non-hydrogen) atoms. The van der Waals surface area contributed by atoms with Gasteiger partial charge in [0.05, 0.1) is 19.1 Å². The molecular formula is C44H39N3O7. The van der Waals surface area contributed by atoms with Gasteiger partial charge in [-0.1, -0.05) is 89.8 Å². The van der Waals surface area contributed by atoms with Gasteiger partial charge < -0.3 is 19.3 Å². The number of carbonyl (C=O) groups is 3. The number of nitrogens with zero attached hydrogens (tertiary/aromatic N) is 3. The maximum atomic E-state index is 15.5. The van der Waals surface area contributed by atoms with Crippen molar-refractivity contribution in [3.8, 4) is 11.8 Å². The summed E-state index contributed by atoms with van der Waals surface area (Å²) in [4.78, 5) is 58.3. The number of allylic oxidation sites excluding steroid dienone is 1. The first-order valence-electron chi connectivity index (χ1n) is 17.8. The third-order valence-corrected chi connectivity index (χ3v) is 10.6. The summed E-state index contributed by atoms with van der Waals surface area (Å²) in [5.41, 5.74) is 4.21. The SMILES string of the molecule is COC(=O)C#C[C@@]1(c2ccc(C)cc2)C2=C(C(=O)/C(C(=O)OC)=C\N3CCC[C@@H]3[C@H]2c2cccc([N+](=O)[O-])c2)c2cc(C)ccc2N1Cc1ccccc1. The van der Waals surface area contributed by atoms with Crippen molar-refractivity contribution in [1.29, 1.82) is 0 Å². The highest BCUT2D eigenvalue weighted by atomic mass is 16.6. The molecule has 0 saturated carbocycles. The molecule has 272 valence electrons. The second-order valence-corrected chi connectivity index (χ2v) is 13.8. The van der Waals surface area contributed by atoms with Crippen molar-refractivity contribution in [3.05, 3.63) is 158 Å². The Kier molecular flexibility index (Phi) is 9.65. The van der Waals surface area contributed by atoms with E-state index in [4.69, 9.17) is 9.47 Å². The molecule has 10 heteroatoms. The topological polar surface area (TPSA) is 119 Å².